The first-order valence-electron chi connectivity index (χ1n) is 9.24. The van der Waals surface area contributed by atoms with Crippen molar-refractivity contribution in [2.45, 2.75) is 5.22 Å². The van der Waals surface area contributed by atoms with Crippen molar-refractivity contribution in [1.29, 1.82) is 0 Å². The lowest BCUT2D eigenvalue weighted by molar-refractivity contribution is -0.113. The van der Waals surface area contributed by atoms with E-state index in [0.717, 1.165) is 28.1 Å². The van der Waals surface area contributed by atoms with E-state index in [2.05, 4.69) is 15.5 Å². The molecule has 0 radical (unpaired) electrons. The number of fused-ring (bicyclic) bond motifs is 1. The lowest BCUT2D eigenvalue weighted by atomic mass is 10.1. The van der Waals surface area contributed by atoms with E-state index in [1.807, 2.05) is 42.5 Å². The highest BCUT2D eigenvalue weighted by atomic mass is 35.5. The monoisotopic (exact) mass is 455 g/mol. The Morgan fingerprint density at radius 2 is 1.81 bits per heavy atom. The van der Waals surface area contributed by atoms with Crippen LogP contribution >= 0.6 is 23.4 Å². The maximum atomic E-state index is 12.4. The minimum absolute atomic E-state index is 0.0756. The number of anilines is 1. The summed E-state index contributed by atoms with van der Waals surface area (Å²) >= 11 is 7.28. The van der Waals surface area contributed by atoms with Gasteiger partial charge < -0.3 is 19.2 Å². The summed E-state index contributed by atoms with van der Waals surface area (Å²) in [6, 6.07) is 17.1. The van der Waals surface area contributed by atoms with Crippen LogP contribution in [0.1, 0.15) is 0 Å². The highest BCUT2D eigenvalue weighted by Crippen LogP contribution is 2.36. The van der Waals surface area contributed by atoms with Crippen LogP contribution in [0.15, 0.2) is 64.2 Å². The summed E-state index contributed by atoms with van der Waals surface area (Å²) in [5.41, 5.74) is 1.27. The minimum Gasteiger partial charge on any atom is -0.495 e. The number of ether oxygens (including phenoxy) is 2. The quantitative estimate of drug-likeness (QED) is 0.379. The topological polar surface area (TPSA) is 86.5 Å². The van der Waals surface area contributed by atoms with Crippen LogP contribution < -0.4 is 14.8 Å². The number of aromatic nitrogens is 2. The first-order chi connectivity index (χ1) is 15.1. The third-order valence-electron chi connectivity index (χ3n) is 4.48. The van der Waals surface area contributed by atoms with Gasteiger partial charge in [-0.3, -0.25) is 4.79 Å². The normalized spacial score (nSPS) is 10.8. The summed E-state index contributed by atoms with van der Waals surface area (Å²) in [7, 11) is 3.01. The number of hydrogen-bond acceptors (Lipinski definition) is 7. The van der Waals surface area contributed by atoms with Crippen molar-refractivity contribution in [3.05, 3.63) is 59.6 Å². The van der Waals surface area contributed by atoms with Crippen LogP contribution in [0.3, 0.4) is 0 Å². The fourth-order valence-corrected chi connectivity index (χ4v) is 3.78. The van der Waals surface area contributed by atoms with Crippen molar-refractivity contribution in [2.75, 3.05) is 25.3 Å². The smallest absolute Gasteiger partial charge is 0.277 e. The first kappa shape index (κ1) is 21.0. The van der Waals surface area contributed by atoms with Gasteiger partial charge in [-0.05, 0) is 29.0 Å². The number of halogens is 1. The average Bonchev–Trinajstić information content (AvgIpc) is 3.27. The third-order valence-corrected chi connectivity index (χ3v) is 5.59. The Balaban J connectivity index is 1.41. The molecule has 1 N–H and O–H groups in total. The predicted molar refractivity (Wildman–Crippen MR) is 121 cm³/mol. The van der Waals surface area contributed by atoms with Crippen molar-refractivity contribution < 1.29 is 18.7 Å². The van der Waals surface area contributed by atoms with Gasteiger partial charge in [0.15, 0.2) is 0 Å². The summed E-state index contributed by atoms with van der Waals surface area (Å²) in [6.45, 7) is 0. The fraction of sp³-hybridized carbons (Fsp3) is 0.136. The molecule has 9 heteroatoms. The van der Waals surface area contributed by atoms with Crippen LogP contribution in [0.4, 0.5) is 5.69 Å². The van der Waals surface area contributed by atoms with Gasteiger partial charge in [0.05, 0.1) is 30.7 Å². The van der Waals surface area contributed by atoms with E-state index in [0.29, 0.717) is 33.3 Å². The largest absolute Gasteiger partial charge is 0.495 e. The van der Waals surface area contributed by atoms with Crippen molar-refractivity contribution in [3.8, 4) is 23.0 Å². The number of carbonyl (C=O) groups excluding carboxylic acids is 1. The van der Waals surface area contributed by atoms with Crippen LogP contribution in [0.25, 0.3) is 22.2 Å². The Kier molecular flexibility index (Phi) is 6.29. The number of nitrogens with zero attached hydrogens (tertiary/aromatic N) is 2. The number of amides is 1. The van der Waals surface area contributed by atoms with E-state index in [1.54, 1.807) is 12.1 Å². The zero-order valence-corrected chi connectivity index (χ0v) is 18.3. The van der Waals surface area contributed by atoms with E-state index < -0.39 is 0 Å². The zero-order valence-electron chi connectivity index (χ0n) is 16.7. The van der Waals surface area contributed by atoms with E-state index >= 15 is 0 Å². The summed E-state index contributed by atoms with van der Waals surface area (Å²) < 4.78 is 16.2. The highest BCUT2D eigenvalue weighted by molar-refractivity contribution is 7.99. The summed E-state index contributed by atoms with van der Waals surface area (Å²) in [6.07, 6.45) is 0. The molecule has 1 heterocycles. The molecule has 0 saturated carbocycles. The molecule has 0 bridgehead atoms. The van der Waals surface area contributed by atoms with Gasteiger partial charge >= 0.3 is 0 Å². The molecule has 4 rings (SSSR count). The molecule has 1 amide bonds. The van der Waals surface area contributed by atoms with Crippen LogP contribution in [0.2, 0.25) is 5.02 Å². The molecule has 0 aliphatic heterocycles. The zero-order chi connectivity index (χ0) is 21.8. The second kappa shape index (κ2) is 9.28. The summed E-state index contributed by atoms with van der Waals surface area (Å²) in [4.78, 5) is 12.4. The lowest BCUT2D eigenvalue weighted by Gasteiger charge is -2.12. The molecule has 1 aromatic heterocycles. The van der Waals surface area contributed by atoms with Gasteiger partial charge in [0.1, 0.15) is 11.5 Å². The molecular formula is C22H18ClN3O4S. The highest BCUT2D eigenvalue weighted by Gasteiger charge is 2.15. The molecule has 3 aromatic carbocycles. The predicted octanol–water partition coefficient (Wildman–Crippen LogP) is 5.29. The van der Waals surface area contributed by atoms with E-state index in [-0.39, 0.29) is 11.7 Å². The Hall–Kier alpha value is -3.23. The Morgan fingerprint density at radius 1 is 1.03 bits per heavy atom. The lowest BCUT2D eigenvalue weighted by Crippen LogP contribution is -2.14. The number of thioether (sulfide) groups is 1. The number of hydrogen-bond donors (Lipinski definition) is 1. The molecule has 0 unspecified atom stereocenters. The molecule has 0 spiro atoms. The Bertz CT molecular complexity index is 1240. The number of benzene rings is 3. The fourth-order valence-electron chi connectivity index (χ4n) is 2.98. The minimum atomic E-state index is -0.269. The van der Waals surface area contributed by atoms with Crippen molar-refractivity contribution >= 4 is 45.7 Å². The number of methoxy groups -OCH3 is 2. The average molecular weight is 456 g/mol. The molecule has 0 fully saturated rings. The number of rotatable bonds is 7. The van der Waals surface area contributed by atoms with Gasteiger partial charge in [-0.15, -0.1) is 10.2 Å². The maximum absolute atomic E-state index is 12.4. The molecular weight excluding hydrogens is 438 g/mol. The molecule has 0 aliphatic rings. The van der Waals surface area contributed by atoms with Crippen LogP contribution in [0.5, 0.6) is 11.5 Å². The summed E-state index contributed by atoms with van der Waals surface area (Å²) in [5.74, 6) is 1.10. The Morgan fingerprint density at radius 3 is 2.58 bits per heavy atom. The number of nitrogens with one attached hydrogen (secondary N) is 1. The molecule has 0 aliphatic carbocycles. The van der Waals surface area contributed by atoms with Crippen molar-refractivity contribution in [3.63, 3.8) is 0 Å². The molecule has 0 atom stereocenters. The van der Waals surface area contributed by atoms with Gasteiger partial charge in [-0.25, -0.2) is 0 Å². The summed E-state index contributed by atoms with van der Waals surface area (Å²) in [5, 5.41) is 13.8. The van der Waals surface area contributed by atoms with Gasteiger partial charge in [-0.1, -0.05) is 53.7 Å². The van der Waals surface area contributed by atoms with Crippen LogP contribution in [-0.2, 0) is 4.79 Å². The van der Waals surface area contributed by atoms with E-state index in [1.165, 1.54) is 14.2 Å². The van der Waals surface area contributed by atoms with Crippen molar-refractivity contribution in [2.24, 2.45) is 0 Å². The second-order valence-corrected chi connectivity index (χ2v) is 7.79. The molecule has 7 nitrogen and oxygen atoms in total. The van der Waals surface area contributed by atoms with Crippen molar-refractivity contribution in [1.82, 2.24) is 10.2 Å². The van der Waals surface area contributed by atoms with Crippen LogP contribution in [0, 0.1) is 0 Å². The molecule has 31 heavy (non-hydrogen) atoms. The van der Waals surface area contributed by atoms with Crippen LogP contribution in [-0.4, -0.2) is 36.1 Å². The van der Waals surface area contributed by atoms with Gasteiger partial charge in [0.2, 0.25) is 11.8 Å². The van der Waals surface area contributed by atoms with Gasteiger partial charge in [-0.2, -0.15) is 0 Å². The van der Waals surface area contributed by atoms with Gasteiger partial charge in [0.25, 0.3) is 5.22 Å². The maximum Gasteiger partial charge on any atom is 0.277 e. The van der Waals surface area contributed by atoms with E-state index in [4.69, 9.17) is 25.5 Å². The first-order valence-corrected chi connectivity index (χ1v) is 10.6. The SMILES string of the molecule is COc1cc(OC)c(NC(=O)CSc2nnc(-c3ccc4ccccc4c3)o2)cc1Cl. The Labute approximate surface area is 187 Å². The third kappa shape index (κ3) is 4.76. The second-order valence-electron chi connectivity index (χ2n) is 6.46. The molecule has 0 saturated heterocycles. The van der Waals surface area contributed by atoms with Gasteiger partial charge in [0, 0.05) is 11.6 Å². The molecule has 158 valence electrons. The standard InChI is InChI=1S/C22H18ClN3O4S/c1-28-18-11-19(29-2)17(10-16(18)23)24-20(27)12-31-22-26-25-21(30-22)15-8-7-13-5-3-4-6-14(13)9-15/h3-11H,12H2,1-2H3,(H,24,27). The number of carbonyl (C=O) groups is 1. The molecule has 4 aromatic rings. The van der Waals surface area contributed by atoms with E-state index in [9.17, 15) is 4.79 Å².